The second-order valence-electron chi connectivity index (χ2n) is 4.36. The van der Waals surface area contributed by atoms with Gasteiger partial charge in [0.15, 0.2) is 0 Å². The Morgan fingerprint density at radius 1 is 1.64 bits per heavy atom. The van der Waals surface area contributed by atoms with Crippen LogP contribution in [-0.4, -0.2) is 36.0 Å². The van der Waals surface area contributed by atoms with Crippen LogP contribution < -0.4 is 5.32 Å². The highest BCUT2D eigenvalue weighted by Crippen LogP contribution is 2.25. The summed E-state index contributed by atoms with van der Waals surface area (Å²) in [6, 6.07) is 0.471. The molecule has 14 heavy (non-hydrogen) atoms. The van der Waals surface area contributed by atoms with E-state index >= 15 is 0 Å². The first-order chi connectivity index (χ1) is 6.46. The van der Waals surface area contributed by atoms with Gasteiger partial charge in [-0.1, -0.05) is 5.92 Å². The first kappa shape index (κ1) is 11.1. The van der Waals surface area contributed by atoms with Crippen LogP contribution >= 0.6 is 0 Å². The molecule has 1 N–H and O–H groups in total. The van der Waals surface area contributed by atoms with Gasteiger partial charge >= 0.3 is 0 Å². The topological polar surface area (TPSA) is 32.3 Å². The van der Waals surface area contributed by atoms with Crippen LogP contribution in [0.4, 0.5) is 0 Å². The summed E-state index contributed by atoms with van der Waals surface area (Å²) in [5.41, 5.74) is -0.403. The molecule has 78 valence electrons. The Labute approximate surface area is 85.9 Å². The predicted molar refractivity (Wildman–Crippen MR) is 56.7 cm³/mol. The highest BCUT2D eigenvalue weighted by atomic mass is 16.2. The van der Waals surface area contributed by atoms with Gasteiger partial charge < -0.3 is 4.90 Å². The average molecular weight is 194 g/mol. The lowest BCUT2D eigenvalue weighted by atomic mass is 10.1. The van der Waals surface area contributed by atoms with Crippen molar-refractivity contribution in [3.63, 3.8) is 0 Å². The second kappa shape index (κ2) is 4.02. The molecule has 0 bridgehead atoms. The molecule has 1 amide bonds. The number of hydrogen-bond donors (Lipinski definition) is 1. The lowest BCUT2D eigenvalue weighted by Crippen LogP contribution is -2.45. The molecule has 1 fully saturated rings. The molecule has 1 aliphatic carbocycles. The molecule has 0 radical (unpaired) electrons. The van der Waals surface area contributed by atoms with Crippen molar-refractivity contribution in [3.05, 3.63) is 0 Å². The molecular formula is C11H18N2O. The van der Waals surface area contributed by atoms with Gasteiger partial charge in [0.2, 0.25) is 5.91 Å². The van der Waals surface area contributed by atoms with Gasteiger partial charge in [0, 0.05) is 13.1 Å². The first-order valence-electron chi connectivity index (χ1n) is 4.95. The Hall–Kier alpha value is -1.01. The van der Waals surface area contributed by atoms with Gasteiger partial charge in [0.05, 0.1) is 12.1 Å². The summed E-state index contributed by atoms with van der Waals surface area (Å²) in [7, 11) is 1.85. The van der Waals surface area contributed by atoms with Crippen molar-refractivity contribution < 1.29 is 4.79 Å². The van der Waals surface area contributed by atoms with Crippen molar-refractivity contribution in [3.8, 4) is 12.3 Å². The van der Waals surface area contributed by atoms with Gasteiger partial charge in [-0.3, -0.25) is 10.1 Å². The van der Waals surface area contributed by atoms with E-state index in [0.717, 1.165) is 12.8 Å². The smallest absolute Gasteiger partial charge is 0.236 e. The van der Waals surface area contributed by atoms with Crippen molar-refractivity contribution in [2.75, 3.05) is 13.6 Å². The van der Waals surface area contributed by atoms with Crippen LogP contribution in [0.15, 0.2) is 0 Å². The second-order valence-corrected chi connectivity index (χ2v) is 4.36. The third-order valence-corrected chi connectivity index (χ3v) is 2.53. The van der Waals surface area contributed by atoms with Gasteiger partial charge in [0.25, 0.3) is 0 Å². The minimum atomic E-state index is -0.403. The van der Waals surface area contributed by atoms with E-state index < -0.39 is 5.54 Å². The fourth-order valence-corrected chi connectivity index (χ4v) is 1.14. The third kappa shape index (κ3) is 3.04. The molecule has 3 heteroatoms. The van der Waals surface area contributed by atoms with E-state index in [0.29, 0.717) is 12.6 Å². The molecule has 0 unspecified atom stereocenters. The van der Waals surface area contributed by atoms with E-state index in [9.17, 15) is 4.79 Å². The quantitative estimate of drug-likeness (QED) is 0.665. The van der Waals surface area contributed by atoms with E-state index in [2.05, 4.69) is 11.2 Å². The summed E-state index contributed by atoms with van der Waals surface area (Å²) in [5.74, 6) is 2.72. The van der Waals surface area contributed by atoms with Gasteiger partial charge in [-0.25, -0.2) is 0 Å². The van der Waals surface area contributed by atoms with Gasteiger partial charge in [0.1, 0.15) is 0 Å². The number of likely N-dealkylation sites (N-methyl/N-ethyl adjacent to an activating group) is 1. The first-order valence-corrected chi connectivity index (χ1v) is 4.95. The predicted octanol–water partition coefficient (Wildman–Crippen LogP) is 0.609. The Bertz CT molecular complexity index is 261. The maximum Gasteiger partial charge on any atom is 0.236 e. The fraction of sp³-hybridized carbons (Fsp3) is 0.727. The maximum absolute atomic E-state index is 11.6. The van der Waals surface area contributed by atoms with E-state index in [1.165, 1.54) is 0 Å². The third-order valence-electron chi connectivity index (χ3n) is 2.53. The molecule has 0 aromatic carbocycles. The van der Waals surface area contributed by atoms with Crippen molar-refractivity contribution in [1.29, 1.82) is 0 Å². The minimum Gasteiger partial charge on any atom is -0.342 e. The van der Waals surface area contributed by atoms with Crippen LogP contribution in [0.25, 0.3) is 0 Å². The van der Waals surface area contributed by atoms with Crippen molar-refractivity contribution in [2.24, 2.45) is 0 Å². The molecule has 3 nitrogen and oxygen atoms in total. The molecular weight excluding hydrogens is 176 g/mol. The summed E-state index contributed by atoms with van der Waals surface area (Å²) in [5, 5.41) is 3.04. The van der Waals surface area contributed by atoms with Crippen LogP contribution in [0.1, 0.15) is 26.7 Å². The Morgan fingerprint density at radius 2 is 2.21 bits per heavy atom. The standard InChI is InChI=1S/C11H18N2O/c1-5-11(2,3)12-8-10(14)13(4)9-6-7-9/h1,9,12H,6-8H2,2-4H3. The Balaban J connectivity index is 2.31. The van der Waals surface area contributed by atoms with E-state index in [1.54, 1.807) is 4.90 Å². The summed E-state index contributed by atoms with van der Waals surface area (Å²) in [6.07, 6.45) is 7.58. The van der Waals surface area contributed by atoms with Crippen molar-refractivity contribution in [2.45, 2.75) is 38.3 Å². The number of amides is 1. The average Bonchev–Trinajstić information content (AvgIpc) is 2.96. The molecule has 0 aliphatic heterocycles. The number of hydrogen-bond acceptors (Lipinski definition) is 2. The number of terminal acetylenes is 1. The summed E-state index contributed by atoms with van der Waals surface area (Å²) >= 11 is 0. The number of nitrogens with zero attached hydrogens (tertiary/aromatic N) is 1. The van der Waals surface area contributed by atoms with E-state index in [1.807, 2.05) is 20.9 Å². The number of rotatable bonds is 4. The zero-order chi connectivity index (χ0) is 10.8. The highest BCUT2D eigenvalue weighted by molar-refractivity contribution is 5.78. The normalized spacial score (nSPS) is 16.1. The van der Waals surface area contributed by atoms with Crippen LogP contribution in [0.2, 0.25) is 0 Å². The molecule has 0 heterocycles. The molecule has 1 rings (SSSR count). The lowest BCUT2D eigenvalue weighted by Gasteiger charge is -2.22. The monoisotopic (exact) mass is 194 g/mol. The molecule has 0 atom stereocenters. The van der Waals surface area contributed by atoms with E-state index in [4.69, 9.17) is 6.42 Å². The molecule has 0 aromatic rings. The zero-order valence-corrected chi connectivity index (χ0v) is 9.13. The molecule has 1 saturated carbocycles. The van der Waals surface area contributed by atoms with Crippen LogP contribution in [0, 0.1) is 12.3 Å². The van der Waals surface area contributed by atoms with Crippen LogP contribution in [-0.2, 0) is 4.79 Å². The number of nitrogens with one attached hydrogen (secondary N) is 1. The highest BCUT2D eigenvalue weighted by Gasteiger charge is 2.29. The molecule has 0 aromatic heterocycles. The Kier molecular flexibility index (Phi) is 3.17. The van der Waals surface area contributed by atoms with E-state index in [-0.39, 0.29) is 5.91 Å². The Morgan fingerprint density at radius 3 is 2.64 bits per heavy atom. The number of carbonyl (C=O) groups is 1. The SMILES string of the molecule is C#CC(C)(C)NCC(=O)N(C)C1CC1. The fourth-order valence-electron chi connectivity index (χ4n) is 1.14. The molecule has 0 spiro atoms. The zero-order valence-electron chi connectivity index (χ0n) is 9.13. The lowest BCUT2D eigenvalue weighted by molar-refractivity contribution is -0.129. The summed E-state index contributed by atoms with van der Waals surface area (Å²) in [4.78, 5) is 13.4. The minimum absolute atomic E-state index is 0.121. The largest absolute Gasteiger partial charge is 0.342 e. The maximum atomic E-state index is 11.6. The van der Waals surface area contributed by atoms with Gasteiger partial charge in [-0.05, 0) is 26.7 Å². The molecule has 1 aliphatic rings. The van der Waals surface area contributed by atoms with Crippen molar-refractivity contribution >= 4 is 5.91 Å². The van der Waals surface area contributed by atoms with Crippen molar-refractivity contribution in [1.82, 2.24) is 10.2 Å². The summed E-state index contributed by atoms with van der Waals surface area (Å²) in [6.45, 7) is 4.10. The van der Waals surface area contributed by atoms with Crippen LogP contribution in [0.5, 0.6) is 0 Å². The van der Waals surface area contributed by atoms with Gasteiger partial charge in [-0.2, -0.15) is 0 Å². The number of carbonyl (C=O) groups excluding carboxylic acids is 1. The van der Waals surface area contributed by atoms with Gasteiger partial charge in [-0.15, -0.1) is 6.42 Å². The summed E-state index contributed by atoms with van der Waals surface area (Å²) < 4.78 is 0. The molecule has 0 saturated heterocycles. The van der Waals surface area contributed by atoms with Crippen LogP contribution in [0.3, 0.4) is 0 Å².